The second-order valence-electron chi connectivity index (χ2n) is 3.46. The van der Waals surface area contributed by atoms with Crippen LogP contribution in [-0.4, -0.2) is 20.7 Å². The van der Waals surface area contributed by atoms with E-state index in [-0.39, 0.29) is 12.2 Å². The van der Waals surface area contributed by atoms with Gasteiger partial charge in [-0.15, -0.1) is 0 Å². The van der Waals surface area contributed by atoms with Crippen molar-refractivity contribution in [1.29, 1.82) is 0 Å². The molecule has 0 fully saturated rings. The van der Waals surface area contributed by atoms with E-state index in [9.17, 15) is 4.79 Å². The van der Waals surface area contributed by atoms with E-state index >= 15 is 0 Å². The number of aryl methyl sites for hydroxylation is 1. The average molecular weight is 205 g/mol. The summed E-state index contributed by atoms with van der Waals surface area (Å²) in [4.78, 5) is 10.8. The Kier molecular flexibility index (Phi) is 2.21. The first-order chi connectivity index (χ1) is 7.13. The number of nitrogens with zero attached hydrogens (tertiary/aromatic N) is 1. The van der Waals surface area contributed by atoms with Gasteiger partial charge in [0.2, 0.25) is 0 Å². The Morgan fingerprint density at radius 3 is 2.80 bits per heavy atom. The molecule has 0 atom stereocenters. The van der Waals surface area contributed by atoms with Gasteiger partial charge in [-0.2, -0.15) is 0 Å². The smallest absolute Gasteiger partial charge is 0.335 e. The Morgan fingerprint density at radius 1 is 1.47 bits per heavy atom. The lowest BCUT2D eigenvalue weighted by atomic mass is 10.1. The third-order valence-corrected chi connectivity index (χ3v) is 2.49. The van der Waals surface area contributed by atoms with Gasteiger partial charge in [-0.3, -0.25) is 0 Å². The van der Waals surface area contributed by atoms with Gasteiger partial charge in [-0.1, -0.05) is 0 Å². The number of hydrogen-bond acceptors (Lipinski definition) is 2. The van der Waals surface area contributed by atoms with Gasteiger partial charge < -0.3 is 14.8 Å². The van der Waals surface area contributed by atoms with Crippen LogP contribution in [-0.2, 0) is 13.7 Å². The van der Waals surface area contributed by atoms with Crippen molar-refractivity contribution in [3.63, 3.8) is 0 Å². The molecule has 2 aromatic rings. The number of carboxylic acid groups (broad SMARTS) is 1. The molecule has 4 nitrogen and oxygen atoms in total. The molecule has 1 aromatic carbocycles. The van der Waals surface area contributed by atoms with Crippen molar-refractivity contribution in [3.8, 4) is 0 Å². The second-order valence-corrected chi connectivity index (χ2v) is 3.46. The number of rotatable bonds is 2. The summed E-state index contributed by atoms with van der Waals surface area (Å²) in [7, 11) is 1.86. The second kappa shape index (κ2) is 3.40. The highest BCUT2D eigenvalue weighted by atomic mass is 16.4. The summed E-state index contributed by atoms with van der Waals surface area (Å²) in [5.74, 6) is -0.954. The normalized spacial score (nSPS) is 10.8. The number of aliphatic hydroxyl groups excluding tert-OH is 1. The number of fused-ring (bicyclic) bond motifs is 1. The monoisotopic (exact) mass is 205 g/mol. The number of benzene rings is 1. The Bertz CT molecular complexity index is 528. The van der Waals surface area contributed by atoms with Gasteiger partial charge in [0.1, 0.15) is 0 Å². The molecular formula is C11H11NO3. The summed E-state index contributed by atoms with van der Waals surface area (Å²) in [6, 6.07) is 4.90. The fraction of sp³-hybridized carbons (Fsp3) is 0.182. The van der Waals surface area contributed by atoms with Crippen LogP contribution in [0.5, 0.6) is 0 Å². The van der Waals surface area contributed by atoms with E-state index in [1.807, 2.05) is 11.6 Å². The van der Waals surface area contributed by atoms with E-state index in [1.54, 1.807) is 24.4 Å². The maximum atomic E-state index is 10.8. The number of aliphatic hydroxyl groups is 1. The summed E-state index contributed by atoms with van der Waals surface area (Å²) < 4.78 is 1.87. The third kappa shape index (κ3) is 1.49. The highest BCUT2D eigenvalue weighted by Crippen LogP contribution is 2.22. The predicted molar refractivity (Wildman–Crippen MR) is 55.8 cm³/mol. The highest BCUT2D eigenvalue weighted by Gasteiger charge is 2.09. The summed E-state index contributed by atoms with van der Waals surface area (Å²) in [5.41, 5.74) is 1.91. The fourth-order valence-corrected chi connectivity index (χ4v) is 1.73. The van der Waals surface area contributed by atoms with Gasteiger partial charge in [-0.05, 0) is 18.2 Å². The molecule has 0 spiro atoms. The molecule has 0 saturated heterocycles. The van der Waals surface area contributed by atoms with E-state index in [1.165, 1.54) is 0 Å². The van der Waals surface area contributed by atoms with Crippen LogP contribution in [0.2, 0.25) is 0 Å². The van der Waals surface area contributed by atoms with Crippen molar-refractivity contribution >= 4 is 16.9 Å². The first-order valence-corrected chi connectivity index (χ1v) is 4.55. The van der Waals surface area contributed by atoms with Gasteiger partial charge in [0.15, 0.2) is 0 Å². The molecule has 78 valence electrons. The molecule has 2 rings (SSSR count). The Balaban J connectivity index is 2.73. The molecule has 0 bridgehead atoms. The number of aromatic nitrogens is 1. The molecule has 4 heteroatoms. The van der Waals surface area contributed by atoms with Crippen LogP contribution >= 0.6 is 0 Å². The van der Waals surface area contributed by atoms with Crippen molar-refractivity contribution < 1.29 is 15.0 Å². The molecule has 15 heavy (non-hydrogen) atoms. The first kappa shape index (κ1) is 9.73. The number of hydrogen-bond donors (Lipinski definition) is 2. The number of carbonyl (C=O) groups is 1. The summed E-state index contributed by atoms with van der Waals surface area (Å²) in [6.07, 6.45) is 1.80. The van der Waals surface area contributed by atoms with E-state index in [4.69, 9.17) is 10.2 Å². The summed E-state index contributed by atoms with van der Waals surface area (Å²) in [5, 5.41) is 18.8. The van der Waals surface area contributed by atoms with Crippen LogP contribution in [0.1, 0.15) is 15.9 Å². The lowest BCUT2D eigenvalue weighted by Crippen LogP contribution is -1.95. The Hall–Kier alpha value is -1.81. The van der Waals surface area contributed by atoms with Crippen LogP contribution in [0.25, 0.3) is 10.9 Å². The van der Waals surface area contributed by atoms with Crippen molar-refractivity contribution in [1.82, 2.24) is 4.57 Å². The molecule has 0 unspecified atom stereocenters. The summed E-state index contributed by atoms with van der Waals surface area (Å²) in [6.45, 7) is -0.0829. The van der Waals surface area contributed by atoms with Crippen molar-refractivity contribution in [2.75, 3.05) is 0 Å². The first-order valence-electron chi connectivity index (χ1n) is 4.55. The van der Waals surface area contributed by atoms with E-state index in [2.05, 4.69) is 0 Å². The number of carboxylic acids is 1. The zero-order chi connectivity index (χ0) is 11.0. The van der Waals surface area contributed by atoms with Crippen LogP contribution in [0.3, 0.4) is 0 Å². The Labute approximate surface area is 86.4 Å². The molecule has 0 aliphatic rings. The number of aromatic carboxylic acids is 1. The largest absolute Gasteiger partial charge is 0.478 e. The minimum Gasteiger partial charge on any atom is -0.478 e. The molecule has 0 amide bonds. The third-order valence-electron chi connectivity index (χ3n) is 2.49. The van der Waals surface area contributed by atoms with E-state index in [0.29, 0.717) is 0 Å². The summed E-state index contributed by atoms with van der Waals surface area (Å²) >= 11 is 0. The molecule has 0 saturated carbocycles. The molecule has 1 aromatic heterocycles. The van der Waals surface area contributed by atoms with Crippen molar-refractivity contribution in [3.05, 3.63) is 35.5 Å². The zero-order valence-electron chi connectivity index (χ0n) is 8.27. The molecule has 0 aliphatic carbocycles. The topological polar surface area (TPSA) is 62.5 Å². The lowest BCUT2D eigenvalue weighted by molar-refractivity contribution is 0.0697. The van der Waals surface area contributed by atoms with Gasteiger partial charge in [0, 0.05) is 29.7 Å². The molecule has 2 N–H and O–H groups in total. The SMILES string of the molecule is Cn1cc(CO)c2cc(C(=O)O)ccc21. The van der Waals surface area contributed by atoms with Crippen LogP contribution < -0.4 is 0 Å². The van der Waals surface area contributed by atoms with Gasteiger partial charge in [0.25, 0.3) is 0 Å². The van der Waals surface area contributed by atoms with Gasteiger partial charge in [0.05, 0.1) is 12.2 Å². The minimum atomic E-state index is -0.954. The zero-order valence-corrected chi connectivity index (χ0v) is 8.27. The predicted octanol–water partition coefficient (Wildman–Crippen LogP) is 1.37. The quantitative estimate of drug-likeness (QED) is 0.778. The van der Waals surface area contributed by atoms with Crippen LogP contribution in [0, 0.1) is 0 Å². The van der Waals surface area contributed by atoms with E-state index in [0.717, 1.165) is 16.5 Å². The fourth-order valence-electron chi connectivity index (χ4n) is 1.73. The lowest BCUT2D eigenvalue weighted by Gasteiger charge is -1.98. The van der Waals surface area contributed by atoms with Crippen molar-refractivity contribution in [2.24, 2.45) is 7.05 Å². The Morgan fingerprint density at radius 2 is 2.20 bits per heavy atom. The maximum Gasteiger partial charge on any atom is 0.335 e. The highest BCUT2D eigenvalue weighted by molar-refractivity contribution is 5.94. The van der Waals surface area contributed by atoms with Crippen LogP contribution in [0.4, 0.5) is 0 Å². The standard InChI is InChI=1S/C11H11NO3/c1-12-5-8(6-13)9-4-7(11(14)15)2-3-10(9)12/h2-5,13H,6H2,1H3,(H,14,15). The van der Waals surface area contributed by atoms with Gasteiger partial charge in [-0.25, -0.2) is 4.79 Å². The van der Waals surface area contributed by atoms with E-state index < -0.39 is 5.97 Å². The minimum absolute atomic E-state index is 0.0829. The average Bonchev–Trinajstić information content (AvgIpc) is 2.55. The maximum absolute atomic E-state index is 10.8. The molecular weight excluding hydrogens is 194 g/mol. The van der Waals surface area contributed by atoms with Crippen LogP contribution in [0.15, 0.2) is 24.4 Å². The molecule has 1 heterocycles. The molecule has 0 aliphatic heterocycles. The van der Waals surface area contributed by atoms with Gasteiger partial charge >= 0.3 is 5.97 Å². The van der Waals surface area contributed by atoms with Crippen molar-refractivity contribution in [2.45, 2.75) is 6.61 Å². The molecule has 0 radical (unpaired) electrons.